The van der Waals surface area contributed by atoms with E-state index >= 15 is 0 Å². The molecule has 1 aliphatic heterocycles. The Labute approximate surface area is 138 Å². The van der Waals surface area contributed by atoms with Crippen LogP contribution in [0.25, 0.3) is 0 Å². The molecule has 1 aliphatic carbocycles. The quantitative estimate of drug-likeness (QED) is 0.787. The van der Waals surface area contributed by atoms with Crippen LogP contribution in [0.1, 0.15) is 36.0 Å². The normalized spacial score (nSPS) is 18.7. The first-order chi connectivity index (χ1) is 11.3. The van der Waals surface area contributed by atoms with Crippen LogP contribution >= 0.6 is 0 Å². The number of amides is 1. The van der Waals surface area contributed by atoms with Crippen LogP contribution in [-0.2, 0) is 0 Å². The molecule has 1 amide bonds. The highest BCUT2D eigenvalue weighted by atomic mass is 16.5. The molecule has 0 radical (unpaired) electrons. The van der Waals surface area contributed by atoms with E-state index in [1.165, 1.54) is 12.8 Å². The van der Waals surface area contributed by atoms with E-state index in [1.54, 1.807) is 6.08 Å². The van der Waals surface area contributed by atoms with Gasteiger partial charge in [-0.3, -0.25) is 4.79 Å². The van der Waals surface area contributed by atoms with Gasteiger partial charge in [0.05, 0.1) is 0 Å². The number of benzene rings is 1. The number of nitrogens with one attached hydrogen (secondary N) is 1. The molecule has 1 heterocycles. The molecule has 4 heteroatoms. The summed E-state index contributed by atoms with van der Waals surface area (Å²) in [6, 6.07) is 7.96. The summed E-state index contributed by atoms with van der Waals surface area (Å²) < 4.78 is 5.45. The van der Waals surface area contributed by atoms with Crippen molar-refractivity contribution >= 4 is 5.91 Å². The van der Waals surface area contributed by atoms with E-state index in [4.69, 9.17) is 4.74 Å². The van der Waals surface area contributed by atoms with Gasteiger partial charge in [-0.15, -0.1) is 0 Å². The lowest BCUT2D eigenvalue weighted by Gasteiger charge is -2.32. The summed E-state index contributed by atoms with van der Waals surface area (Å²) in [6.45, 7) is 6.95. The van der Waals surface area contributed by atoms with Crippen LogP contribution in [0, 0.1) is 5.92 Å². The second-order valence-electron chi connectivity index (χ2n) is 6.54. The minimum atomic E-state index is 0.126. The summed E-state index contributed by atoms with van der Waals surface area (Å²) in [5.74, 6) is 1.81. The van der Waals surface area contributed by atoms with Gasteiger partial charge in [0, 0.05) is 24.7 Å². The molecule has 1 saturated carbocycles. The largest absolute Gasteiger partial charge is 0.490 e. The van der Waals surface area contributed by atoms with E-state index in [0.717, 1.165) is 49.7 Å². The van der Waals surface area contributed by atoms with Gasteiger partial charge >= 0.3 is 0 Å². The van der Waals surface area contributed by atoms with Crippen LogP contribution in [0.5, 0.6) is 5.75 Å². The molecule has 0 unspecified atom stereocenters. The SMILES string of the molecule is C=CCOc1ccc(C(=O)N2CCC(NCC3CC3)CC2)cc1. The van der Waals surface area contributed by atoms with Gasteiger partial charge in [-0.05, 0) is 62.4 Å². The molecule has 3 rings (SSSR count). The number of rotatable bonds is 7. The molecule has 1 aromatic carbocycles. The fraction of sp³-hybridized carbons (Fsp3) is 0.526. The molecule has 1 N–H and O–H groups in total. The predicted octanol–water partition coefficient (Wildman–Crippen LogP) is 2.86. The minimum Gasteiger partial charge on any atom is -0.490 e. The Morgan fingerprint density at radius 2 is 1.91 bits per heavy atom. The molecule has 2 fully saturated rings. The predicted molar refractivity (Wildman–Crippen MR) is 91.8 cm³/mol. The molecule has 1 saturated heterocycles. The van der Waals surface area contributed by atoms with Crippen LogP contribution in [0.2, 0.25) is 0 Å². The maximum Gasteiger partial charge on any atom is 0.253 e. The van der Waals surface area contributed by atoms with Crippen molar-refractivity contribution < 1.29 is 9.53 Å². The summed E-state index contributed by atoms with van der Waals surface area (Å²) in [5, 5.41) is 3.65. The van der Waals surface area contributed by atoms with Crippen molar-refractivity contribution in [1.29, 1.82) is 0 Å². The van der Waals surface area contributed by atoms with Gasteiger partial charge in [0.1, 0.15) is 12.4 Å². The second kappa shape index (κ2) is 7.64. The first-order valence-corrected chi connectivity index (χ1v) is 8.62. The van der Waals surface area contributed by atoms with Gasteiger partial charge in [0.15, 0.2) is 0 Å². The highest BCUT2D eigenvalue weighted by Crippen LogP contribution is 2.28. The van der Waals surface area contributed by atoms with Gasteiger partial charge in [-0.25, -0.2) is 0 Å². The highest BCUT2D eigenvalue weighted by molar-refractivity contribution is 5.94. The van der Waals surface area contributed by atoms with Gasteiger partial charge in [-0.2, -0.15) is 0 Å². The minimum absolute atomic E-state index is 0.126. The van der Waals surface area contributed by atoms with E-state index in [-0.39, 0.29) is 5.91 Å². The van der Waals surface area contributed by atoms with Crippen molar-refractivity contribution in [1.82, 2.24) is 10.2 Å². The Hall–Kier alpha value is -1.81. The Balaban J connectivity index is 1.47. The number of likely N-dealkylation sites (tertiary alicyclic amines) is 1. The Bertz CT molecular complexity index is 529. The Morgan fingerprint density at radius 1 is 1.22 bits per heavy atom. The summed E-state index contributed by atoms with van der Waals surface area (Å²) >= 11 is 0. The number of carbonyl (C=O) groups is 1. The van der Waals surface area contributed by atoms with Crippen molar-refractivity contribution in [3.05, 3.63) is 42.5 Å². The Morgan fingerprint density at radius 3 is 2.52 bits per heavy atom. The van der Waals surface area contributed by atoms with E-state index in [0.29, 0.717) is 12.6 Å². The summed E-state index contributed by atoms with van der Waals surface area (Å²) in [7, 11) is 0. The smallest absolute Gasteiger partial charge is 0.253 e. The third kappa shape index (κ3) is 4.58. The molecule has 2 aliphatic rings. The lowest BCUT2D eigenvalue weighted by Crippen LogP contribution is -2.45. The third-order valence-electron chi connectivity index (χ3n) is 4.64. The maximum absolute atomic E-state index is 12.6. The standard InChI is InChI=1S/C19H26N2O2/c1-2-13-23-18-7-5-16(6-8-18)19(22)21-11-9-17(10-12-21)20-14-15-3-4-15/h2,5-8,15,17,20H,1,3-4,9-14H2. The zero-order valence-electron chi connectivity index (χ0n) is 13.7. The zero-order chi connectivity index (χ0) is 16.1. The topological polar surface area (TPSA) is 41.6 Å². The van der Waals surface area contributed by atoms with Crippen molar-refractivity contribution in [3.8, 4) is 5.75 Å². The number of nitrogens with zero attached hydrogens (tertiary/aromatic N) is 1. The van der Waals surface area contributed by atoms with E-state index < -0.39 is 0 Å². The van der Waals surface area contributed by atoms with Crippen LogP contribution in [0.4, 0.5) is 0 Å². The monoisotopic (exact) mass is 314 g/mol. The molecule has 124 valence electrons. The zero-order valence-corrected chi connectivity index (χ0v) is 13.7. The van der Waals surface area contributed by atoms with Crippen molar-refractivity contribution in [2.75, 3.05) is 26.2 Å². The second-order valence-corrected chi connectivity index (χ2v) is 6.54. The summed E-state index contributed by atoms with van der Waals surface area (Å²) in [5.41, 5.74) is 0.736. The lowest BCUT2D eigenvalue weighted by atomic mass is 10.0. The van der Waals surface area contributed by atoms with Gasteiger partial charge in [0.25, 0.3) is 5.91 Å². The van der Waals surface area contributed by atoms with Crippen LogP contribution in [-0.4, -0.2) is 43.1 Å². The van der Waals surface area contributed by atoms with Crippen molar-refractivity contribution in [2.45, 2.75) is 31.7 Å². The highest BCUT2D eigenvalue weighted by Gasteiger charge is 2.26. The van der Waals surface area contributed by atoms with Crippen LogP contribution in [0.3, 0.4) is 0 Å². The maximum atomic E-state index is 12.6. The average Bonchev–Trinajstić information content (AvgIpc) is 3.43. The Kier molecular flexibility index (Phi) is 5.34. The fourth-order valence-electron chi connectivity index (χ4n) is 2.97. The van der Waals surface area contributed by atoms with Gasteiger partial charge < -0.3 is 15.0 Å². The summed E-state index contributed by atoms with van der Waals surface area (Å²) in [6.07, 6.45) is 6.59. The molecular weight excluding hydrogens is 288 g/mol. The number of hydrogen-bond acceptors (Lipinski definition) is 3. The fourth-order valence-corrected chi connectivity index (χ4v) is 2.97. The van der Waals surface area contributed by atoms with Crippen molar-refractivity contribution in [3.63, 3.8) is 0 Å². The summed E-state index contributed by atoms with van der Waals surface area (Å²) in [4.78, 5) is 14.5. The molecule has 0 aromatic heterocycles. The number of ether oxygens (including phenoxy) is 1. The van der Waals surface area contributed by atoms with Crippen molar-refractivity contribution in [2.24, 2.45) is 5.92 Å². The molecular formula is C19H26N2O2. The lowest BCUT2D eigenvalue weighted by molar-refractivity contribution is 0.0705. The van der Waals surface area contributed by atoms with Gasteiger partial charge in [-0.1, -0.05) is 12.7 Å². The first kappa shape index (κ1) is 16.1. The molecule has 23 heavy (non-hydrogen) atoms. The molecule has 0 atom stereocenters. The number of carbonyl (C=O) groups excluding carboxylic acids is 1. The van der Waals surface area contributed by atoms with E-state index in [9.17, 15) is 4.79 Å². The molecule has 0 spiro atoms. The van der Waals surface area contributed by atoms with Crippen LogP contribution in [0.15, 0.2) is 36.9 Å². The third-order valence-corrected chi connectivity index (χ3v) is 4.64. The first-order valence-electron chi connectivity index (χ1n) is 8.62. The molecule has 0 bridgehead atoms. The number of piperidine rings is 1. The molecule has 1 aromatic rings. The van der Waals surface area contributed by atoms with Crippen LogP contribution < -0.4 is 10.1 Å². The number of hydrogen-bond donors (Lipinski definition) is 1. The van der Waals surface area contributed by atoms with Gasteiger partial charge in [0.2, 0.25) is 0 Å². The van der Waals surface area contributed by atoms with E-state index in [1.807, 2.05) is 29.2 Å². The average molecular weight is 314 g/mol. The molecule has 4 nitrogen and oxygen atoms in total. The van der Waals surface area contributed by atoms with E-state index in [2.05, 4.69) is 11.9 Å².